The lowest BCUT2D eigenvalue weighted by molar-refractivity contribution is 0.252. The second-order valence-electron chi connectivity index (χ2n) is 8.70. The number of anilines is 1. The van der Waals surface area contributed by atoms with Gasteiger partial charge in [-0.15, -0.1) is 10.2 Å². The average molecular weight is 403 g/mol. The standard InChI is InChI=1S/C21H25N9/c1-21(2,3)18-13-29(10-8-22-18)20-23-12-16(26-28-20)14-5-6-17(30-9-4-7-25-30)19-15(14)11-24-27-19/h4-7,9,11-12,18,22H,8,10,13H2,1-3H3,(H,24,27)/t18-/m0/s1. The summed E-state index contributed by atoms with van der Waals surface area (Å²) in [5.74, 6) is 0.672. The third kappa shape index (κ3) is 3.30. The van der Waals surface area contributed by atoms with Crippen LogP contribution < -0.4 is 10.2 Å². The molecule has 0 aliphatic carbocycles. The summed E-state index contributed by atoms with van der Waals surface area (Å²) in [6.07, 6.45) is 7.26. The Morgan fingerprint density at radius 3 is 2.77 bits per heavy atom. The summed E-state index contributed by atoms with van der Waals surface area (Å²) >= 11 is 0. The molecule has 0 amide bonds. The van der Waals surface area contributed by atoms with Crippen molar-refractivity contribution in [1.29, 1.82) is 0 Å². The minimum absolute atomic E-state index is 0.176. The van der Waals surface area contributed by atoms with Gasteiger partial charge >= 0.3 is 0 Å². The summed E-state index contributed by atoms with van der Waals surface area (Å²) in [5, 5.41) is 25.1. The predicted octanol–water partition coefficient (Wildman–Crippen LogP) is 2.42. The molecule has 4 heterocycles. The first kappa shape index (κ1) is 18.7. The van der Waals surface area contributed by atoms with Gasteiger partial charge in [-0.25, -0.2) is 9.67 Å². The van der Waals surface area contributed by atoms with E-state index in [1.54, 1.807) is 18.6 Å². The molecule has 0 bridgehead atoms. The molecule has 1 aromatic carbocycles. The van der Waals surface area contributed by atoms with E-state index in [9.17, 15) is 0 Å². The Morgan fingerprint density at radius 2 is 2.03 bits per heavy atom. The Balaban J connectivity index is 1.45. The number of aromatic amines is 1. The minimum atomic E-state index is 0.176. The first-order valence-electron chi connectivity index (χ1n) is 10.2. The summed E-state index contributed by atoms with van der Waals surface area (Å²) in [5.41, 5.74) is 3.67. The predicted molar refractivity (Wildman–Crippen MR) is 115 cm³/mol. The summed E-state index contributed by atoms with van der Waals surface area (Å²) in [7, 11) is 0. The minimum Gasteiger partial charge on any atom is -0.337 e. The van der Waals surface area contributed by atoms with Crippen molar-refractivity contribution in [1.82, 2.24) is 40.5 Å². The highest BCUT2D eigenvalue weighted by Gasteiger charge is 2.30. The molecule has 1 fully saturated rings. The van der Waals surface area contributed by atoms with Gasteiger partial charge in [0.1, 0.15) is 5.69 Å². The van der Waals surface area contributed by atoms with Crippen molar-refractivity contribution in [2.45, 2.75) is 26.8 Å². The fourth-order valence-corrected chi connectivity index (χ4v) is 3.90. The summed E-state index contributed by atoms with van der Waals surface area (Å²) in [6, 6.07) is 6.29. The summed E-state index contributed by atoms with van der Waals surface area (Å²) in [4.78, 5) is 6.84. The van der Waals surface area contributed by atoms with E-state index in [4.69, 9.17) is 0 Å². The van der Waals surface area contributed by atoms with Gasteiger partial charge in [0.25, 0.3) is 0 Å². The zero-order valence-corrected chi connectivity index (χ0v) is 17.4. The van der Waals surface area contributed by atoms with Crippen molar-refractivity contribution >= 4 is 16.9 Å². The van der Waals surface area contributed by atoms with Crippen LogP contribution in [0.1, 0.15) is 20.8 Å². The van der Waals surface area contributed by atoms with Gasteiger partial charge < -0.3 is 10.2 Å². The van der Waals surface area contributed by atoms with Crippen LogP contribution in [0.15, 0.2) is 43.0 Å². The Kier molecular flexibility index (Phi) is 4.47. The van der Waals surface area contributed by atoms with Crippen molar-refractivity contribution < 1.29 is 0 Å². The van der Waals surface area contributed by atoms with Crippen LogP contribution in [0, 0.1) is 5.41 Å². The van der Waals surface area contributed by atoms with Gasteiger partial charge in [0, 0.05) is 49.0 Å². The number of nitrogens with zero attached hydrogens (tertiary/aromatic N) is 7. The monoisotopic (exact) mass is 403 g/mol. The molecule has 0 radical (unpaired) electrons. The van der Waals surface area contributed by atoms with Crippen LogP contribution in [0.3, 0.4) is 0 Å². The maximum absolute atomic E-state index is 4.64. The normalized spacial score (nSPS) is 17.6. The molecular formula is C21H25N9. The van der Waals surface area contributed by atoms with Crippen LogP contribution >= 0.6 is 0 Å². The van der Waals surface area contributed by atoms with Crippen molar-refractivity contribution in [2.75, 3.05) is 24.5 Å². The average Bonchev–Trinajstić information content (AvgIpc) is 3.45. The lowest BCUT2D eigenvalue weighted by Gasteiger charge is -2.40. The Labute approximate surface area is 174 Å². The number of nitrogens with one attached hydrogen (secondary N) is 2. The van der Waals surface area contributed by atoms with E-state index >= 15 is 0 Å². The van der Waals surface area contributed by atoms with Gasteiger partial charge in [0.2, 0.25) is 5.95 Å². The molecule has 0 saturated carbocycles. The van der Waals surface area contributed by atoms with E-state index in [0.29, 0.717) is 12.0 Å². The second-order valence-corrected chi connectivity index (χ2v) is 8.70. The number of hydrogen-bond donors (Lipinski definition) is 2. The number of fused-ring (bicyclic) bond motifs is 1. The van der Waals surface area contributed by atoms with Crippen molar-refractivity contribution in [2.24, 2.45) is 5.41 Å². The third-order valence-electron chi connectivity index (χ3n) is 5.67. The molecule has 5 rings (SSSR count). The molecule has 3 aromatic heterocycles. The van der Waals surface area contributed by atoms with Gasteiger partial charge in [-0.2, -0.15) is 10.2 Å². The van der Waals surface area contributed by atoms with E-state index in [2.05, 4.69) is 61.5 Å². The highest BCUT2D eigenvalue weighted by molar-refractivity contribution is 5.97. The van der Waals surface area contributed by atoms with Crippen molar-refractivity contribution in [3.05, 3.63) is 43.0 Å². The molecule has 30 heavy (non-hydrogen) atoms. The molecule has 0 spiro atoms. The smallest absolute Gasteiger partial charge is 0.245 e. The molecule has 1 aliphatic rings. The molecule has 9 nitrogen and oxygen atoms in total. The molecule has 1 aliphatic heterocycles. The van der Waals surface area contributed by atoms with Crippen LogP contribution in [-0.2, 0) is 0 Å². The zero-order chi connectivity index (χ0) is 20.7. The number of H-pyrrole nitrogens is 1. The highest BCUT2D eigenvalue weighted by Crippen LogP contribution is 2.30. The van der Waals surface area contributed by atoms with E-state index in [1.165, 1.54) is 0 Å². The van der Waals surface area contributed by atoms with E-state index < -0.39 is 0 Å². The lowest BCUT2D eigenvalue weighted by Crippen LogP contribution is -2.56. The van der Waals surface area contributed by atoms with Gasteiger partial charge in [-0.1, -0.05) is 20.8 Å². The number of benzene rings is 1. The van der Waals surface area contributed by atoms with Gasteiger partial charge in [0.15, 0.2) is 0 Å². The molecule has 2 N–H and O–H groups in total. The van der Waals surface area contributed by atoms with Gasteiger partial charge in [0.05, 0.1) is 23.6 Å². The van der Waals surface area contributed by atoms with Crippen LogP contribution in [0.2, 0.25) is 0 Å². The molecule has 1 atom stereocenters. The quantitative estimate of drug-likeness (QED) is 0.542. The Hall–Kier alpha value is -3.33. The Morgan fingerprint density at radius 1 is 1.13 bits per heavy atom. The third-order valence-corrected chi connectivity index (χ3v) is 5.67. The van der Waals surface area contributed by atoms with Crippen molar-refractivity contribution in [3.8, 4) is 16.9 Å². The molecule has 154 valence electrons. The summed E-state index contributed by atoms with van der Waals surface area (Å²) in [6.45, 7) is 9.41. The van der Waals surface area contributed by atoms with E-state index in [0.717, 1.165) is 47.5 Å². The van der Waals surface area contributed by atoms with Crippen LogP contribution in [0.4, 0.5) is 5.95 Å². The lowest BCUT2D eigenvalue weighted by atomic mass is 9.85. The first-order valence-corrected chi connectivity index (χ1v) is 10.2. The highest BCUT2D eigenvalue weighted by atomic mass is 15.3. The van der Waals surface area contributed by atoms with Crippen LogP contribution in [-0.4, -0.2) is 60.8 Å². The van der Waals surface area contributed by atoms with Crippen molar-refractivity contribution in [3.63, 3.8) is 0 Å². The number of hydrogen-bond acceptors (Lipinski definition) is 7. The van der Waals surface area contributed by atoms with Crippen LogP contribution in [0.5, 0.6) is 0 Å². The topological polar surface area (TPSA) is 100 Å². The maximum Gasteiger partial charge on any atom is 0.245 e. The fourth-order valence-electron chi connectivity index (χ4n) is 3.90. The maximum atomic E-state index is 4.64. The first-order chi connectivity index (χ1) is 14.5. The largest absolute Gasteiger partial charge is 0.337 e. The number of rotatable bonds is 3. The second kappa shape index (κ2) is 7.17. The molecule has 1 saturated heterocycles. The molecule has 4 aromatic rings. The fraction of sp³-hybridized carbons (Fsp3) is 0.381. The SMILES string of the molecule is CC(C)(C)[C@@H]1CN(c2ncc(-c3ccc(-n4cccn4)c4[nH]ncc34)nn2)CCN1. The van der Waals surface area contributed by atoms with Gasteiger partial charge in [-0.05, 0) is 23.6 Å². The molecule has 0 unspecified atom stereocenters. The zero-order valence-electron chi connectivity index (χ0n) is 17.4. The molecular weight excluding hydrogens is 378 g/mol. The number of aromatic nitrogens is 7. The summed E-state index contributed by atoms with van der Waals surface area (Å²) < 4.78 is 1.81. The molecule has 9 heteroatoms. The van der Waals surface area contributed by atoms with Gasteiger partial charge in [-0.3, -0.25) is 5.10 Å². The van der Waals surface area contributed by atoms with E-state index in [-0.39, 0.29) is 5.41 Å². The van der Waals surface area contributed by atoms with Crippen LogP contribution in [0.25, 0.3) is 27.8 Å². The number of piperazine rings is 1. The van der Waals surface area contributed by atoms with E-state index in [1.807, 2.05) is 29.1 Å². The Bertz CT molecular complexity index is 1140.